The van der Waals surface area contributed by atoms with Crippen LogP contribution in [0.4, 0.5) is 0 Å². The van der Waals surface area contributed by atoms with Crippen LogP contribution in [0.1, 0.15) is 57.6 Å². The average molecular weight is 261 g/mol. The Morgan fingerprint density at radius 2 is 2.00 bits per heavy atom. The van der Waals surface area contributed by atoms with Gasteiger partial charge in [0.15, 0.2) is 0 Å². The molecule has 0 aromatic heterocycles. The van der Waals surface area contributed by atoms with Gasteiger partial charge in [-0.1, -0.05) is 38.8 Å². The van der Waals surface area contributed by atoms with Gasteiger partial charge in [-0.2, -0.15) is 0 Å². The summed E-state index contributed by atoms with van der Waals surface area (Å²) in [4.78, 5) is 0. The summed E-state index contributed by atoms with van der Waals surface area (Å²) in [5, 5.41) is 0. The highest BCUT2D eigenvalue weighted by Gasteiger charge is 2.25. The maximum atomic E-state index is 6.44. The summed E-state index contributed by atoms with van der Waals surface area (Å²) in [6.45, 7) is 5.25. The highest BCUT2D eigenvalue weighted by molar-refractivity contribution is 5.29. The molecule has 1 fully saturated rings. The average Bonchev–Trinajstić information content (AvgIpc) is 2.45. The van der Waals surface area contributed by atoms with Crippen molar-refractivity contribution in [2.45, 2.75) is 52.0 Å². The molecule has 1 aliphatic carbocycles. The minimum atomic E-state index is 0.183. The molecule has 2 rings (SSSR count). The van der Waals surface area contributed by atoms with Gasteiger partial charge in [-0.3, -0.25) is 0 Å². The van der Waals surface area contributed by atoms with E-state index in [9.17, 15) is 0 Å². The smallest absolute Gasteiger partial charge is 0.119 e. The first kappa shape index (κ1) is 14.4. The van der Waals surface area contributed by atoms with E-state index in [2.05, 4.69) is 38.1 Å². The number of hydrogen-bond donors (Lipinski definition) is 1. The van der Waals surface area contributed by atoms with Crippen molar-refractivity contribution in [3.8, 4) is 5.75 Å². The van der Waals surface area contributed by atoms with E-state index in [1.54, 1.807) is 0 Å². The quantitative estimate of drug-likeness (QED) is 0.857. The van der Waals surface area contributed by atoms with Crippen LogP contribution >= 0.6 is 0 Å². The molecular formula is C17H27NO. The van der Waals surface area contributed by atoms with E-state index in [-0.39, 0.29) is 6.04 Å². The Morgan fingerprint density at radius 3 is 2.63 bits per heavy atom. The summed E-state index contributed by atoms with van der Waals surface area (Å²) in [7, 11) is 0. The van der Waals surface area contributed by atoms with Crippen LogP contribution in [0.5, 0.6) is 5.75 Å². The summed E-state index contributed by atoms with van der Waals surface area (Å²) in [6, 6.07) is 8.56. The van der Waals surface area contributed by atoms with Gasteiger partial charge in [-0.15, -0.1) is 0 Å². The van der Waals surface area contributed by atoms with E-state index in [0.717, 1.165) is 24.7 Å². The molecule has 0 bridgehead atoms. The van der Waals surface area contributed by atoms with Crippen LogP contribution in [0.15, 0.2) is 24.3 Å². The number of rotatable bonds is 5. The molecule has 0 spiro atoms. The maximum Gasteiger partial charge on any atom is 0.119 e. The van der Waals surface area contributed by atoms with E-state index in [1.165, 1.54) is 31.2 Å². The van der Waals surface area contributed by atoms with Crippen LogP contribution in [-0.2, 0) is 0 Å². The zero-order valence-electron chi connectivity index (χ0n) is 12.3. The molecule has 0 saturated heterocycles. The monoisotopic (exact) mass is 261 g/mol. The lowest BCUT2D eigenvalue weighted by Crippen LogP contribution is -2.26. The molecule has 1 aromatic carbocycles. The highest BCUT2D eigenvalue weighted by Crippen LogP contribution is 2.36. The van der Waals surface area contributed by atoms with Gasteiger partial charge in [0.2, 0.25) is 0 Å². The lowest BCUT2D eigenvalue weighted by molar-refractivity contribution is 0.248. The fraction of sp³-hybridized carbons (Fsp3) is 0.647. The van der Waals surface area contributed by atoms with Crippen LogP contribution in [0.3, 0.4) is 0 Å². The van der Waals surface area contributed by atoms with Crippen molar-refractivity contribution in [2.75, 3.05) is 6.61 Å². The number of nitrogens with two attached hydrogens (primary N) is 1. The molecule has 0 heterocycles. The summed E-state index contributed by atoms with van der Waals surface area (Å²) in [5.41, 5.74) is 7.69. The predicted molar refractivity (Wildman–Crippen MR) is 80.3 cm³/mol. The van der Waals surface area contributed by atoms with Gasteiger partial charge >= 0.3 is 0 Å². The molecule has 0 amide bonds. The topological polar surface area (TPSA) is 35.2 Å². The van der Waals surface area contributed by atoms with Gasteiger partial charge in [-0.05, 0) is 48.8 Å². The van der Waals surface area contributed by atoms with Gasteiger partial charge in [0, 0.05) is 6.04 Å². The number of hydrogen-bond acceptors (Lipinski definition) is 2. The highest BCUT2D eigenvalue weighted by atomic mass is 16.5. The van der Waals surface area contributed by atoms with Crippen molar-refractivity contribution >= 4 is 0 Å². The summed E-state index contributed by atoms with van der Waals surface area (Å²) >= 11 is 0. The molecule has 2 nitrogen and oxygen atoms in total. The fourth-order valence-electron chi connectivity index (χ4n) is 3.09. The van der Waals surface area contributed by atoms with E-state index in [1.807, 2.05) is 0 Å². The van der Waals surface area contributed by atoms with E-state index >= 15 is 0 Å². The van der Waals surface area contributed by atoms with Crippen LogP contribution in [0.25, 0.3) is 0 Å². The van der Waals surface area contributed by atoms with Crippen molar-refractivity contribution in [1.29, 1.82) is 0 Å². The largest absolute Gasteiger partial charge is 0.494 e. The molecule has 19 heavy (non-hydrogen) atoms. The molecule has 2 N–H and O–H groups in total. The Kier molecular flexibility index (Phi) is 5.26. The standard InChI is InChI=1S/C17H27NO/c1-3-11-19-16-9-7-14(8-10-16)17(18)15-6-4-5-13(2)12-15/h7-10,13,15,17H,3-6,11-12,18H2,1-2H3. The van der Waals surface area contributed by atoms with Crippen molar-refractivity contribution in [1.82, 2.24) is 0 Å². The Labute approximate surface area is 117 Å². The van der Waals surface area contributed by atoms with E-state index < -0.39 is 0 Å². The minimum Gasteiger partial charge on any atom is -0.494 e. The van der Waals surface area contributed by atoms with E-state index in [4.69, 9.17) is 10.5 Å². The van der Waals surface area contributed by atoms with Gasteiger partial charge in [0.25, 0.3) is 0 Å². The van der Waals surface area contributed by atoms with Gasteiger partial charge in [0.1, 0.15) is 5.75 Å². The summed E-state index contributed by atoms with van der Waals surface area (Å²) in [5.74, 6) is 2.43. The first-order valence-electron chi connectivity index (χ1n) is 7.69. The third-order valence-electron chi connectivity index (χ3n) is 4.22. The van der Waals surface area contributed by atoms with Crippen LogP contribution in [0, 0.1) is 11.8 Å². The normalized spacial score (nSPS) is 25.0. The Balaban J connectivity index is 1.96. The third kappa shape index (κ3) is 3.97. The number of ether oxygens (including phenoxy) is 1. The molecular weight excluding hydrogens is 234 g/mol. The van der Waals surface area contributed by atoms with Crippen molar-refractivity contribution in [3.05, 3.63) is 29.8 Å². The zero-order valence-corrected chi connectivity index (χ0v) is 12.3. The second-order valence-electron chi connectivity index (χ2n) is 5.98. The number of benzene rings is 1. The first-order valence-corrected chi connectivity index (χ1v) is 7.69. The minimum absolute atomic E-state index is 0.183. The second kappa shape index (κ2) is 6.95. The van der Waals surface area contributed by atoms with Crippen molar-refractivity contribution < 1.29 is 4.74 Å². The fourth-order valence-corrected chi connectivity index (χ4v) is 3.09. The Morgan fingerprint density at radius 1 is 1.26 bits per heavy atom. The molecule has 2 heteroatoms. The molecule has 3 atom stereocenters. The lowest BCUT2D eigenvalue weighted by atomic mass is 9.77. The van der Waals surface area contributed by atoms with Crippen LogP contribution < -0.4 is 10.5 Å². The van der Waals surface area contributed by atoms with E-state index in [0.29, 0.717) is 5.92 Å². The third-order valence-corrected chi connectivity index (χ3v) is 4.22. The Bertz CT molecular complexity index is 373. The maximum absolute atomic E-state index is 6.44. The molecule has 3 unspecified atom stereocenters. The summed E-state index contributed by atoms with van der Waals surface area (Å²) < 4.78 is 5.61. The molecule has 106 valence electrons. The zero-order chi connectivity index (χ0) is 13.7. The van der Waals surface area contributed by atoms with Crippen LogP contribution in [0.2, 0.25) is 0 Å². The summed E-state index contributed by atoms with van der Waals surface area (Å²) in [6.07, 6.45) is 6.29. The molecule has 0 radical (unpaired) electrons. The van der Waals surface area contributed by atoms with Gasteiger partial charge in [0.05, 0.1) is 6.61 Å². The van der Waals surface area contributed by atoms with Crippen LogP contribution in [-0.4, -0.2) is 6.61 Å². The van der Waals surface area contributed by atoms with Gasteiger partial charge in [-0.25, -0.2) is 0 Å². The lowest BCUT2D eigenvalue weighted by Gasteiger charge is -2.31. The predicted octanol–water partition coefficient (Wildman–Crippen LogP) is 4.30. The first-order chi connectivity index (χ1) is 9.20. The molecule has 0 aliphatic heterocycles. The molecule has 1 saturated carbocycles. The Hall–Kier alpha value is -1.02. The van der Waals surface area contributed by atoms with Crippen molar-refractivity contribution in [3.63, 3.8) is 0 Å². The SMILES string of the molecule is CCCOc1ccc(C(N)C2CCCC(C)C2)cc1. The van der Waals surface area contributed by atoms with Crippen molar-refractivity contribution in [2.24, 2.45) is 17.6 Å². The van der Waals surface area contributed by atoms with Gasteiger partial charge < -0.3 is 10.5 Å². The molecule has 1 aromatic rings. The molecule has 1 aliphatic rings. The second-order valence-corrected chi connectivity index (χ2v) is 5.98.